The molecule has 0 amide bonds. The number of likely N-dealkylation sites (tertiary alicyclic amines) is 1. The molecule has 9 rings (SSSR count). The normalized spacial score (nSPS) is 26.3. The maximum atomic E-state index is 16.8. The number of piperazine rings is 1. The largest absolute Gasteiger partial charge is 0.508 e. The average Bonchev–Trinajstić information content (AvgIpc) is 3.91. The monoisotopic (exact) mass is 608 g/mol. The average molecular weight is 609 g/mol. The number of nitrogens with zero attached hydrogens (tertiary/aromatic N) is 5. The van der Waals surface area contributed by atoms with E-state index >= 15 is 4.39 Å². The minimum Gasteiger partial charge on any atom is -0.508 e. The van der Waals surface area contributed by atoms with Crippen LogP contribution in [-0.2, 0) is 0 Å². The van der Waals surface area contributed by atoms with E-state index in [0.29, 0.717) is 40.7 Å². The number of aromatic hydroxyl groups is 1. The maximum Gasteiger partial charge on any atom is 0.319 e. The fourth-order valence-electron chi connectivity index (χ4n) is 8.08. The molecule has 2 aromatic carbocycles. The van der Waals surface area contributed by atoms with Gasteiger partial charge in [-0.3, -0.25) is 4.98 Å². The first-order valence-corrected chi connectivity index (χ1v) is 16.0. The molecule has 4 atom stereocenters. The van der Waals surface area contributed by atoms with E-state index in [1.165, 1.54) is 43.8 Å². The molecule has 45 heavy (non-hydrogen) atoms. The number of phenols is 1. The molecular formula is C35H34F2N6O2. The van der Waals surface area contributed by atoms with Gasteiger partial charge in [-0.2, -0.15) is 9.97 Å². The van der Waals surface area contributed by atoms with E-state index in [1.807, 2.05) is 0 Å². The van der Waals surface area contributed by atoms with E-state index < -0.39 is 11.6 Å². The molecule has 2 aromatic heterocycles. The zero-order valence-corrected chi connectivity index (χ0v) is 24.9. The Bertz CT molecular complexity index is 1900. The van der Waals surface area contributed by atoms with Crippen LogP contribution >= 0.6 is 0 Å². The number of ether oxygens (including phenoxy) is 1. The molecule has 4 aromatic rings. The van der Waals surface area contributed by atoms with Gasteiger partial charge in [-0.15, -0.1) is 6.42 Å². The first-order valence-electron chi connectivity index (χ1n) is 16.0. The van der Waals surface area contributed by atoms with Crippen LogP contribution in [0, 0.1) is 41.2 Å². The van der Waals surface area contributed by atoms with Gasteiger partial charge in [0.2, 0.25) is 0 Å². The van der Waals surface area contributed by atoms with Crippen LogP contribution in [0.25, 0.3) is 32.9 Å². The molecule has 3 saturated heterocycles. The van der Waals surface area contributed by atoms with Crippen molar-refractivity contribution in [1.82, 2.24) is 25.2 Å². The van der Waals surface area contributed by atoms with Crippen LogP contribution < -0.4 is 15.0 Å². The van der Waals surface area contributed by atoms with Gasteiger partial charge in [0.1, 0.15) is 28.6 Å². The molecule has 2 aliphatic carbocycles. The lowest BCUT2D eigenvalue weighted by molar-refractivity contribution is 0.163. The number of nitrogens with one attached hydrogen (secondary N) is 1. The van der Waals surface area contributed by atoms with Gasteiger partial charge in [0.05, 0.1) is 17.6 Å². The fraction of sp³-hybridized carbons (Fsp3) is 0.457. The van der Waals surface area contributed by atoms with E-state index in [0.717, 1.165) is 57.2 Å². The number of hydrogen-bond acceptors (Lipinski definition) is 8. The van der Waals surface area contributed by atoms with Gasteiger partial charge in [0.25, 0.3) is 0 Å². The van der Waals surface area contributed by atoms with Crippen LogP contribution in [0.3, 0.4) is 0 Å². The zero-order chi connectivity index (χ0) is 30.4. The number of aromatic nitrogens is 3. The van der Waals surface area contributed by atoms with Gasteiger partial charge in [-0.05, 0) is 67.5 Å². The van der Waals surface area contributed by atoms with Crippen molar-refractivity contribution in [3.8, 4) is 35.4 Å². The van der Waals surface area contributed by atoms with E-state index in [1.54, 1.807) is 6.20 Å². The second kappa shape index (κ2) is 9.96. The topological polar surface area (TPSA) is 86.6 Å². The molecule has 2 N–H and O–H groups in total. The Morgan fingerprint density at radius 1 is 1.07 bits per heavy atom. The molecule has 0 radical (unpaired) electrons. The van der Waals surface area contributed by atoms with Crippen molar-refractivity contribution in [2.24, 2.45) is 17.3 Å². The van der Waals surface area contributed by atoms with Gasteiger partial charge in [-0.1, -0.05) is 12.0 Å². The second-order valence-electron chi connectivity index (χ2n) is 14.0. The molecule has 2 saturated carbocycles. The number of piperidine rings is 1. The highest BCUT2D eigenvalue weighted by atomic mass is 19.1. The van der Waals surface area contributed by atoms with Gasteiger partial charge in [0, 0.05) is 67.4 Å². The van der Waals surface area contributed by atoms with Crippen LogP contribution in [0.1, 0.15) is 37.7 Å². The molecule has 5 heterocycles. The number of rotatable bonds is 7. The van der Waals surface area contributed by atoms with E-state index in [2.05, 4.69) is 31.0 Å². The summed E-state index contributed by atoms with van der Waals surface area (Å²) in [5, 5.41) is 15.5. The molecule has 3 aliphatic heterocycles. The summed E-state index contributed by atoms with van der Waals surface area (Å²) < 4.78 is 37.9. The highest BCUT2D eigenvalue weighted by Crippen LogP contribution is 2.51. The van der Waals surface area contributed by atoms with Crippen molar-refractivity contribution in [2.75, 3.05) is 44.2 Å². The third-order valence-electron chi connectivity index (χ3n) is 10.7. The third-order valence-corrected chi connectivity index (χ3v) is 10.7. The Hall–Kier alpha value is -4.07. The summed E-state index contributed by atoms with van der Waals surface area (Å²) in [5.74, 6) is 3.35. The fourth-order valence-corrected chi connectivity index (χ4v) is 8.08. The van der Waals surface area contributed by atoms with Crippen LogP contribution in [0.5, 0.6) is 11.8 Å². The van der Waals surface area contributed by atoms with Crippen LogP contribution in [0.4, 0.5) is 14.6 Å². The lowest BCUT2D eigenvalue weighted by Gasteiger charge is -2.34. The highest BCUT2D eigenvalue weighted by Gasteiger charge is 2.51. The van der Waals surface area contributed by atoms with Gasteiger partial charge in [0.15, 0.2) is 5.82 Å². The van der Waals surface area contributed by atoms with Crippen molar-refractivity contribution in [3.63, 3.8) is 0 Å². The van der Waals surface area contributed by atoms with Gasteiger partial charge >= 0.3 is 6.01 Å². The van der Waals surface area contributed by atoms with Crippen LogP contribution in [0.2, 0.25) is 0 Å². The van der Waals surface area contributed by atoms with Gasteiger partial charge < -0.3 is 25.0 Å². The molecule has 10 heteroatoms. The predicted octanol–water partition coefficient (Wildman–Crippen LogP) is 4.86. The second-order valence-corrected chi connectivity index (χ2v) is 14.0. The molecule has 5 aliphatic rings. The molecule has 4 unspecified atom stereocenters. The third kappa shape index (κ3) is 4.67. The maximum absolute atomic E-state index is 16.8. The number of hydrogen-bond donors (Lipinski definition) is 2. The molecular weight excluding hydrogens is 574 g/mol. The first-order chi connectivity index (χ1) is 21.9. The molecule has 0 spiro atoms. The minimum atomic E-state index is -0.698. The van der Waals surface area contributed by atoms with Crippen LogP contribution in [-0.4, -0.2) is 76.4 Å². The summed E-state index contributed by atoms with van der Waals surface area (Å²) in [6, 6.07) is 6.42. The number of terminal acetylenes is 1. The Morgan fingerprint density at radius 3 is 2.58 bits per heavy atom. The van der Waals surface area contributed by atoms with E-state index in [4.69, 9.17) is 16.1 Å². The van der Waals surface area contributed by atoms with Crippen LogP contribution in [0.15, 0.2) is 30.5 Å². The Balaban J connectivity index is 1.13. The molecule has 8 nitrogen and oxygen atoms in total. The summed E-state index contributed by atoms with van der Waals surface area (Å²) in [4.78, 5) is 18.8. The highest BCUT2D eigenvalue weighted by molar-refractivity contribution is 6.03. The number of pyridine rings is 1. The van der Waals surface area contributed by atoms with Crippen molar-refractivity contribution < 1.29 is 18.6 Å². The standard InChI is InChI=1S/C35H34F2N6O2/c1-2-25-28(36)6-3-19-10-24(44)11-26(29(19)25)31-30(37)32-27(12-38-31)33(43-15-22-4-5-23(16-43)39-22)41-34(40-32)45-18-35(7-8-35)17-42-13-20-9-21(20)14-42/h1,3,6,10-12,20-23,39,44H,4-5,7-9,13-18H2. The van der Waals surface area contributed by atoms with Crippen molar-refractivity contribution in [2.45, 2.75) is 44.2 Å². The van der Waals surface area contributed by atoms with Gasteiger partial charge in [-0.25, -0.2) is 8.78 Å². The molecule has 5 fully saturated rings. The zero-order valence-electron chi connectivity index (χ0n) is 24.9. The van der Waals surface area contributed by atoms with E-state index in [-0.39, 0.29) is 39.5 Å². The van der Waals surface area contributed by atoms with E-state index in [9.17, 15) is 9.50 Å². The van der Waals surface area contributed by atoms with Crippen molar-refractivity contribution in [3.05, 3.63) is 47.7 Å². The molecule has 2 bridgehead atoms. The number of benzene rings is 2. The number of halogens is 2. The summed E-state index contributed by atoms with van der Waals surface area (Å²) in [7, 11) is 0. The summed E-state index contributed by atoms with van der Waals surface area (Å²) in [5.41, 5.74) is 0.262. The Kier molecular flexibility index (Phi) is 6.04. The minimum absolute atomic E-state index is 0.0162. The number of phenolic OH excluding ortho intramolecular Hbond substituents is 1. The summed E-state index contributed by atoms with van der Waals surface area (Å²) >= 11 is 0. The quantitative estimate of drug-likeness (QED) is 0.288. The Labute approximate surface area is 259 Å². The lowest BCUT2D eigenvalue weighted by atomic mass is 9.96. The first kappa shape index (κ1) is 27.3. The lowest BCUT2D eigenvalue weighted by Crippen LogP contribution is -2.51. The Morgan fingerprint density at radius 2 is 1.84 bits per heavy atom. The van der Waals surface area contributed by atoms with Crippen molar-refractivity contribution in [1.29, 1.82) is 0 Å². The smallest absolute Gasteiger partial charge is 0.319 e. The SMILES string of the molecule is C#Cc1c(F)ccc2cc(O)cc(-c3ncc4c(N5CC6CCC(C5)N6)nc(OCC5(CN6CC7CC7C6)CC5)nc4c3F)c12. The predicted molar refractivity (Wildman–Crippen MR) is 167 cm³/mol. The number of fused-ring (bicyclic) bond motifs is 5. The summed E-state index contributed by atoms with van der Waals surface area (Å²) in [6.07, 6.45) is 13.0. The van der Waals surface area contributed by atoms with Crippen molar-refractivity contribution >= 4 is 27.5 Å². The number of anilines is 1. The summed E-state index contributed by atoms with van der Waals surface area (Å²) in [6.45, 7) is 5.36. The molecule has 230 valence electrons.